The van der Waals surface area contributed by atoms with E-state index in [1.807, 2.05) is 0 Å². The molecule has 36 heavy (non-hydrogen) atoms. The molecule has 1 heterocycles. The minimum Gasteiger partial charge on any atom is -0.444 e. The van der Waals surface area contributed by atoms with Gasteiger partial charge in [-0.2, -0.15) is 18.4 Å². The molecule has 0 aliphatic carbocycles. The Morgan fingerprint density at radius 2 is 1.81 bits per heavy atom. The van der Waals surface area contributed by atoms with E-state index in [0.29, 0.717) is 16.5 Å². The van der Waals surface area contributed by atoms with Crippen LogP contribution in [0.15, 0.2) is 42.5 Å². The number of anilines is 1. The Morgan fingerprint density at radius 3 is 2.36 bits per heavy atom. The number of hydrogen-bond acceptors (Lipinski definition) is 5. The molecule has 1 N–H and O–H groups in total. The molecule has 1 aliphatic heterocycles. The van der Waals surface area contributed by atoms with E-state index < -0.39 is 46.5 Å². The first kappa shape index (κ1) is 26.5. The summed E-state index contributed by atoms with van der Waals surface area (Å²) >= 11 is 0. The predicted octanol–water partition coefficient (Wildman–Crippen LogP) is 4.59. The van der Waals surface area contributed by atoms with Crippen molar-refractivity contribution < 1.29 is 32.3 Å². The zero-order valence-electron chi connectivity index (χ0n) is 20.1. The lowest BCUT2D eigenvalue weighted by Crippen LogP contribution is -2.47. The number of rotatable bonds is 5. The Bertz CT molecular complexity index is 1220. The van der Waals surface area contributed by atoms with E-state index in [9.17, 15) is 27.6 Å². The number of amides is 4. The second-order valence-electron chi connectivity index (χ2n) is 9.20. The largest absolute Gasteiger partial charge is 0.444 e. The zero-order valence-corrected chi connectivity index (χ0v) is 20.1. The van der Waals surface area contributed by atoms with Crippen molar-refractivity contribution in [3.8, 4) is 6.07 Å². The minimum absolute atomic E-state index is 0.0858. The first-order valence-corrected chi connectivity index (χ1v) is 10.9. The second kappa shape index (κ2) is 9.53. The molecule has 1 unspecified atom stereocenters. The van der Waals surface area contributed by atoms with Crippen LogP contribution in [-0.4, -0.2) is 41.6 Å². The average molecular weight is 501 g/mol. The van der Waals surface area contributed by atoms with Gasteiger partial charge >= 0.3 is 18.3 Å². The number of halogens is 3. The summed E-state index contributed by atoms with van der Waals surface area (Å²) < 4.78 is 45.8. The number of nitrogens with zero attached hydrogens (tertiary/aromatic N) is 3. The fraction of sp³-hybridized carbons (Fsp3) is 0.360. The van der Waals surface area contributed by atoms with Gasteiger partial charge in [0.15, 0.2) is 0 Å². The molecule has 0 aromatic heterocycles. The smallest absolute Gasteiger partial charge is 0.417 e. The molecule has 1 aliphatic rings. The van der Waals surface area contributed by atoms with E-state index in [4.69, 9.17) is 10.00 Å². The molecule has 3 rings (SSSR count). The number of nitrogens with one attached hydrogen (secondary N) is 1. The third kappa shape index (κ3) is 5.12. The third-order valence-corrected chi connectivity index (χ3v) is 5.55. The van der Waals surface area contributed by atoms with Gasteiger partial charge in [-0.15, -0.1) is 0 Å². The van der Waals surface area contributed by atoms with Crippen LogP contribution in [0.5, 0.6) is 0 Å². The summed E-state index contributed by atoms with van der Waals surface area (Å²) in [4.78, 5) is 41.0. The van der Waals surface area contributed by atoms with Crippen LogP contribution in [0.3, 0.4) is 0 Å². The van der Waals surface area contributed by atoms with Crippen molar-refractivity contribution in [1.82, 2.24) is 10.2 Å². The van der Waals surface area contributed by atoms with E-state index in [0.717, 1.165) is 12.1 Å². The van der Waals surface area contributed by atoms with Gasteiger partial charge in [0.25, 0.3) is 5.91 Å². The lowest BCUT2D eigenvalue weighted by molar-refractivity contribution is -0.137. The number of alkyl carbamates (subject to hydrolysis) is 1. The van der Waals surface area contributed by atoms with Crippen molar-refractivity contribution >= 4 is 23.7 Å². The normalized spacial score (nSPS) is 18.3. The summed E-state index contributed by atoms with van der Waals surface area (Å²) in [5.41, 5.74) is -4.15. The first-order valence-electron chi connectivity index (χ1n) is 10.9. The van der Waals surface area contributed by atoms with Crippen LogP contribution < -0.4 is 10.2 Å². The molecule has 1 fully saturated rings. The van der Waals surface area contributed by atoms with Crippen LogP contribution in [0.4, 0.5) is 28.4 Å². The summed E-state index contributed by atoms with van der Waals surface area (Å²) in [6.45, 7) is 6.30. The van der Waals surface area contributed by atoms with Crippen molar-refractivity contribution in [3.63, 3.8) is 0 Å². The molecule has 8 nitrogen and oxygen atoms in total. The Labute approximate surface area is 206 Å². The van der Waals surface area contributed by atoms with Gasteiger partial charge in [-0.05, 0) is 57.5 Å². The van der Waals surface area contributed by atoms with Crippen molar-refractivity contribution in [2.45, 2.75) is 45.0 Å². The predicted molar refractivity (Wildman–Crippen MR) is 123 cm³/mol. The van der Waals surface area contributed by atoms with E-state index in [-0.39, 0.29) is 18.8 Å². The van der Waals surface area contributed by atoms with Crippen molar-refractivity contribution in [2.75, 3.05) is 18.0 Å². The van der Waals surface area contributed by atoms with Gasteiger partial charge < -0.3 is 15.0 Å². The Morgan fingerprint density at radius 1 is 1.17 bits per heavy atom. The maximum atomic E-state index is 13.6. The second-order valence-corrected chi connectivity index (χ2v) is 9.20. The van der Waals surface area contributed by atoms with Crippen molar-refractivity contribution in [2.24, 2.45) is 0 Å². The Hall–Kier alpha value is -4.07. The highest BCUT2D eigenvalue weighted by molar-refractivity contribution is 6.23. The lowest BCUT2D eigenvalue weighted by atomic mass is 9.90. The maximum Gasteiger partial charge on any atom is 0.417 e. The number of imide groups is 1. The van der Waals surface area contributed by atoms with Crippen molar-refractivity contribution in [3.05, 3.63) is 65.2 Å². The molecule has 0 saturated carbocycles. The number of benzene rings is 2. The van der Waals surface area contributed by atoms with Gasteiger partial charge in [0.2, 0.25) is 0 Å². The topological polar surface area (TPSA) is 103 Å². The third-order valence-electron chi connectivity index (χ3n) is 5.55. The molecule has 2 aromatic rings. The summed E-state index contributed by atoms with van der Waals surface area (Å²) in [5, 5.41) is 11.6. The van der Waals surface area contributed by atoms with Crippen LogP contribution in [0.2, 0.25) is 0 Å². The Balaban J connectivity index is 2.00. The average Bonchev–Trinajstić information content (AvgIpc) is 2.98. The molecule has 1 radical (unpaired) electrons. The number of nitriles is 1. The van der Waals surface area contributed by atoms with E-state index >= 15 is 0 Å². The van der Waals surface area contributed by atoms with Crippen LogP contribution in [0.25, 0.3) is 0 Å². The number of carbonyl (C=O) groups excluding carboxylic acids is 3. The summed E-state index contributed by atoms with van der Waals surface area (Å²) in [7, 11) is 0. The molecule has 0 spiro atoms. The molecular weight excluding hydrogens is 477 g/mol. The maximum absolute atomic E-state index is 13.6. The minimum atomic E-state index is -4.87. The van der Waals surface area contributed by atoms with Crippen LogP contribution in [0.1, 0.15) is 44.4 Å². The van der Waals surface area contributed by atoms with Gasteiger partial charge in [-0.3, -0.25) is 4.79 Å². The van der Waals surface area contributed by atoms with Crippen molar-refractivity contribution in [1.29, 1.82) is 5.26 Å². The molecule has 11 heteroatoms. The molecule has 2 aromatic carbocycles. The SMILES string of the molecule is CC(C)(C)OC(=O)NCCN1C(=O)N(c2ccc(C#N)c(C(F)(F)F)c2)C(=O)C1(C)c1cc[c]cc1. The Kier molecular flexibility index (Phi) is 7.02. The standard InChI is InChI=1S/C25H24F3N4O4/c1-23(2,3)36-21(34)30-12-13-31-22(35)32(20(33)24(31,4)17-8-6-5-7-9-17)18-11-10-16(15-29)19(14-18)25(26,27)28/h6-11,14H,12-13H2,1-4H3,(H,30,34). The van der Waals surface area contributed by atoms with Gasteiger partial charge in [-0.1, -0.05) is 24.3 Å². The van der Waals surface area contributed by atoms with E-state index in [1.54, 1.807) is 45.0 Å². The highest BCUT2D eigenvalue weighted by Gasteiger charge is 2.56. The first-order chi connectivity index (χ1) is 16.7. The number of alkyl halides is 3. The fourth-order valence-corrected chi connectivity index (χ4v) is 3.86. The van der Waals surface area contributed by atoms with Crippen LogP contribution in [0, 0.1) is 17.4 Å². The van der Waals surface area contributed by atoms with Gasteiger partial charge in [0.1, 0.15) is 11.1 Å². The molecule has 1 saturated heterocycles. The molecular formula is C25H24F3N4O4. The molecule has 1 atom stereocenters. The summed E-state index contributed by atoms with van der Waals surface area (Å²) in [6, 6.07) is 12.3. The molecule has 0 bridgehead atoms. The number of hydrogen-bond donors (Lipinski definition) is 1. The zero-order chi connectivity index (χ0) is 26.9. The molecule has 189 valence electrons. The highest BCUT2D eigenvalue weighted by atomic mass is 19.4. The quantitative estimate of drug-likeness (QED) is 0.604. The summed E-state index contributed by atoms with van der Waals surface area (Å²) in [6.07, 6.45) is -5.60. The summed E-state index contributed by atoms with van der Waals surface area (Å²) in [5.74, 6) is -0.784. The van der Waals surface area contributed by atoms with Gasteiger partial charge in [0, 0.05) is 13.1 Å². The van der Waals surface area contributed by atoms with Crippen LogP contribution in [-0.2, 0) is 21.2 Å². The van der Waals surface area contributed by atoms with E-state index in [2.05, 4.69) is 11.4 Å². The number of carbonyl (C=O) groups is 3. The fourth-order valence-electron chi connectivity index (χ4n) is 3.86. The van der Waals surface area contributed by atoms with Crippen LogP contribution >= 0.6 is 0 Å². The lowest BCUT2D eigenvalue weighted by Gasteiger charge is -2.32. The number of ether oxygens (including phenoxy) is 1. The van der Waals surface area contributed by atoms with Gasteiger partial charge in [0.05, 0.1) is 22.9 Å². The highest BCUT2D eigenvalue weighted by Crippen LogP contribution is 2.41. The van der Waals surface area contributed by atoms with E-state index in [1.165, 1.54) is 17.9 Å². The monoisotopic (exact) mass is 501 g/mol. The number of urea groups is 1. The van der Waals surface area contributed by atoms with Gasteiger partial charge in [-0.25, -0.2) is 14.5 Å². The molecule has 4 amide bonds.